The van der Waals surface area contributed by atoms with E-state index < -0.39 is 0 Å². The quantitative estimate of drug-likeness (QED) is 0.816. The van der Waals surface area contributed by atoms with E-state index in [0.29, 0.717) is 0 Å². The summed E-state index contributed by atoms with van der Waals surface area (Å²) >= 11 is 0. The van der Waals surface area contributed by atoms with E-state index in [1.165, 1.54) is 0 Å². The minimum absolute atomic E-state index is 0.793. The second-order valence-corrected chi connectivity index (χ2v) is 3.84. The number of anilines is 1. The molecule has 0 radical (unpaired) electrons. The standard InChI is InChI=1S/C13H16N4/c1-4-5-10-8-11(9-16-12(10)14-2)13-15-6-7-17(13)3/h4,6-9H,1,5H2,2-3H3,(H,14,16). The van der Waals surface area contributed by atoms with Gasteiger partial charge in [0, 0.05) is 38.2 Å². The Bertz CT molecular complexity index is 528. The minimum Gasteiger partial charge on any atom is -0.373 e. The maximum Gasteiger partial charge on any atom is 0.141 e. The summed E-state index contributed by atoms with van der Waals surface area (Å²) < 4.78 is 1.98. The Labute approximate surface area is 101 Å². The number of pyridine rings is 1. The average molecular weight is 228 g/mol. The van der Waals surface area contributed by atoms with E-state index >= 15 is 0 Å². The third-order valence-corrected chi connectivity index (χ3v) is 2.65. The Morgan fingerprint density at radius 3 is 2.88 bits per heavy atom. The van der Waals surface area contributed by atoms with E-state index in [0.717, 1.165) is 29.2 Å². The Morgan fingerprint density at radius 1 is 1.47 bits per heavy atom. The van der Waals surface area contributed by atoms with Crippen molar-refractivity contribution in [3.63, 3.8) is 0 Å². The SMILES string of the molecule is C=CCc1cc(-c2nccn2C)cnc1NC. The van der Waals surface area contributed by atoms with Gasteiger partial charge in [-0.15, -0.1) is 6.58 Å². The molecule has 0 bridgehead atoms. The second kappa shape index (κ2) is 4.82. The van der Waals surface area contributed by atoms with Crippen molar-refractivity contribution < 1.29 is 0 Å². The van der Waals surface area contributed by atoms with Crippen LogP contribution in [0.4, 0.5) is 5.82 Å². The van der Waals surface area contributed by atoms with Crippen LogP contribution in [0.3, 0.4) is 0 Å². The molecule has 0 aromatic carbocycles. The molecule has 2 aromatic heterocycles. The van der Waals surface area contributed by atoms with Crippen molar-refractivity contribution in [2.24, 2.45) is 7.05 Å². The van der Waals surface area contributed by atoms with Gasteiger partial charge >= 0.3 is 0 Å². The zero-order valence-electron chi connectivity index (χ0n) is 10.1. The predicted octanol–water partition coefficient (Wildman–Crippen LogP) is 2.25. The maximum absolute atomic E-state index is 4.40. The molecule has 0 saturated carbocycles. The maximum atomic E-state index is 4.40. The molecule has 0 unspecified atom stereocenters. The summed E-state index contributed by atoms with van der Waals surface area (Å²) in [5.41, 5.74) is 2.15. The lowest BCUT2D eigenvalue weighted by Crippen LogP contribution is -2.00. The molecular weight excluding hydrogens is 212 g/mol. The Kier molecular flexibility index (Phi) is 3.23. The summed E-state index contributed by atoms with van der Waals surface area (Å²) in [6, 6.07) is 2.10. The molecule has 0 aliphatic carbocycles. The van der Waals surface area contributed by atoms with Crippen LogP contribution in [0.2, 0.25) is 0 Å². The fourth-order valence-electron chi connectivity index (χ4n) is 1.81. The van der Waals surface area contributed by atoms with Crippen LogP contribution in [0.15, 0.2) is 37.3 Å². The van der Waals surface area contributed by atoms with Gasteiger partial charge in [0.05, 0.1) is 0 Å². The molecule has 88 valence electrons. The summed E-state index contributed by atoms with van der Waals surface area (Å²) in [6.07, 6.45) is 8.21. The number of imidazole rings is 1. The van der Waals surface area contributed by atoms with Crippen LogP contribution < -0.4 is 5.32 Å². The molecule has 4 heteroatoms. The van der Waals surface area contributed by atoms with Crippen molar-refractivity contribution in [2.45, 2.75) is 6.42 Å². The van der Waals surface area contributed by atoms with Gasteiger partial charge in [0.1, 0.15) is 11.6 Å². The van der Waals surface area contributed by atoms with Gasteiger partial charge < -0.3 is 9.88 Å². The summed E-state index contributed by atoms with van der Waals surface area (Å²) in [5.74, 6) is 1.81. The summed E-state index contributed by atoms with van der Waals surface area (Å²) in [6.45, 7) is 3.76. The van der Waals surface area contributed by atoms with E-state index in [9.17, 15) is 0 Å². The number of hydrogen-bond donors (Lipinski definition) is 1. The predicted molar refractivity (Wildman–Crippen MR) is 69.9 cm³/mol. The molecule has 0 spiro atoms. The van der Waals surface area contributed by atoms with Gasteiger partial charge in [-0.05, 0) is 18.1 Å². The van der Waals surface area contributed by atoms with Crippen LogP contribution in [0, 0.1) is 0 Å². The first-order valence-electron chi connectivity index (χ1n) is 5.51. The first-order valence-corrected chi connectivity index (χ1v) is 5.51. The summed E-state index contributed by atoms with van der Waals surface area (Å²) in [4.78, 5) is 8.72. The molecule has 0 amide bonds. The number of hydrogen-bond acceptors (Lipinski definition) is 3. The molecule has 17 heavy (non-hydrogen) atoms. The van der Waals surface area contributed by atoms with Crippen molar-refractivity contribution in [1.29, 1.82) is 0 Å². The highest BCUT2D eigenvalue weighted by Crippen LogP contribution is 2.21. The van der Waals surface area contributed by atoms with Crippen molar-refractivity contribution >= 4 is 5.82 Å². The first kappa shape index (κ1) is 11.4. The third kappa shape index (κ3) is 2.20. The molecule has 1 N–H and O–H groups in total. The van der Waals surface area contributed by atoms with E-state index in [2.05, 4.69) is 27.9 Å². The minimum atomic E-state index is 0.793. The molecule has 0 aliphatic rings. The lowest BCUT2D eigenvalue weighted by molar-refractivity contribution is 0.922. The number of nitrogens with one attached hydrogen (secondary N) is 1. The van der Waals surface area contributed by atoms with E-state index in [1.54, 1.807) is 6.20 Å². The normalized spacial score (nSPS) is 10.2. The van der Waals surface area contributed by atoms with Gasteiger partial charge in [0.2, 0.25) is 0 Å². The van der Waals surface area contributed by atoms with Crippen molar-refractivity contribution in [3.8, 4) is 11.4 Å². The third-order valence-electron chi connectivity index (χ3n) is 2.65. The van der Waals surface area contributed by atoms with E-state index in [1.807, 2.05) is 37.1 Å². The van der Waals surface area contributed by atoms with Gasteiger partial charge in [-0.1, -0.05) is 6.08 Å². The number of allylic oxidation sites excluding steroid dienone is 1. The van der Waals surface area contributed by atoms with Crippen LogP contribution in [-0.2, 0) is 13.5 Å². The van der Waals surface area contributed by atoms with Crippen LogP contribution in [0.25, 0.3) is 11.4 Å². The number of rotatable bonds is 4. The Hall–Kier alpha value is -2.10. The number of aryl methyl sites for hydroxylation is 1. The van der Waals surface area contributed by atoms with Crippen LogP contribution in [0.1, 0.15) is 5.56 Å². The fraction of sp³-hybridized carbons (Fsp3) is 0.231. The average Bonchev–Trinajstić information content (AvgIpc) is 2.76. The highest BCUT2D eigenvalue weighted by molar-refractivity contribution is 5.60. The van der Waals surface area contributed by atoms with Crippen LogP contribution in [-0.4, -0.2) is 21.6 Å². The first-order chi connectivity index (χ1) is 8.26. The fourth-order valence-corrected chi connectivity index (χ4v) is 1.81. The zero-order valence-corrected chi connectivity index (χ0v) is 10.1. The highest BCUT2D eigenvalue weighted by Gasteiger charge is 2.07. The number of nitrogens with zero attached hydrogens (tertiary/aromatic N) is 3. The molecule has 0 atom stereocenters. The largest absolute Gasteiger partial charge is 0.373 e. The topological polar surface area (TPSA) is 42.7 Å². The van der Waals surface area contributed by atoms with Gasteiger partial charge in [-0.3, -0.25) is 0 Å². The molecule has 2 rings (SSSR count). The molecule has 2 aromatic rings. The molecular formula is C13H16N4. The molecule has 0 aliphatic heterocycles. The van der Waals surface area contributed by atoms with E-state index in [-0.39, 0.29) is 0 Å². The molecule has 4 nitrogen and oxygen atoms in total. The number of aromatic nitrogens is 3. The van der Waals surface area contributed by atoms with Gasteiger partial charge in [-0.25, -0.2) is 9.97 Å². The molecule has 0 saturated heterocycles. The highest BCUT2D eigenvalue weighted by atomic mass is 15.0. The van der Waals surface area contributed by atoms with Crippen LogP contribution >= 0.6 is 0 Å². The second-order valence-electron chi connectivity index (χ2n) is 3.84. The smallest absolute Gasteiger partial charge is 0.141 e. The van der Waals surface area contributed by atoms with Crippen molar-refractivity contribution in [2.75, 3.05) is 12.4 Å². The monoisotopic (exact) mass is 228 g/mol. The lowest BCUT2D eigenvalue weighted by Gasteiger charge is -2.08. The zero-order chi connectivity index (χ0) is 12.3. The van der Waals surface area contributed by atoms with E-state index in [4.69, 9.17) is 0 Å². The van der Waals surface area contributed by atoms with Crippen molar-refractivity contribution in [1.82, 2.24) is 14.5 Å². The van der Waals surface area contributed by atoms with Crippen LogP contribution in [0.5, 0.6) is 0 Å². The van der Waals surface area contributed by atoms with Gasteiger partial charge in [0.25, 0.3) is 0 Å². The lowest BCUT2D eigenvalue weighted by atomic mass is 10.1. The molecule has 2 heterocycles. The molecule has 0 fully saturated rings. The van der Waals surface area contributed by atoms with Crippen molar-refractivity contribution in [3.05, 3.63) is 42.9 Å². The summed E-state index contributed by atoms with van der Waals surface area (Å²) in [7, 11) is 3.84. The van der Waals surface area contributed by atoms with Gasteiger partial charge in [0.15, 0.2) is 0 Å². The Balaban J connectivity index is 2.47. The summed E-state index contributed by atoms with van der Waals surface area (Å²) in [5, 5.41) is 3.08. The van der Waals surface area contributed by atoms with Gasteiger partial charge in [-0.2, -0.15) is 0 Å². The Morgan fingerprint density at radius 2 is 2.29 bits per heavy atom.